The van der Waals surface area contributed by atoms with E-state index in [-0.39, 0.29) is 13.0 Å². The molecule has 0 aromatic carbocycles. The number of carboxylic acid groups (broad SMARTS) is 1. The normalized spacial score (nSPS) is 14.4. The first-order valence-corrected chi connectivity index (χ1v) is 22.0. The van der Waals surface area contributed by atoms with Crippen LogP contribution in [0.5, 0.6) is 0 Å². The van der Waals surface area contributed by atoms with Crippen molar-refractivity contribution in [3.63, 3.8) is 0 Å². The zero-order chi connectivity index (χ0) is 38.4. The van der Waals surface area contributed by atoms with Crippen LogP contribution >= 0.6 is 7.82 Å². The summed E-state index contributed by atoms with van der Waals surface area (Å²) < 4.78 is 33.3. The Labute approximate surface area is 317 Å². The first-order valence-electron chi connectivity index (χ1n) is 20.5. The average molecular weight is 758 g/mol. The van der Waals surface area contributed by atoms with Gasteiger partial charge in [0.1, 0.15) is 12.1 Å². The lowest BCUT2D eigenvalue weighted by molar-refractivity contribution is -0.154. The molecule has 52 heavy (non-hydrogen) atoms. The number of carbonyl (C=O) groups is 2. The highest BCUT2D eigenvalue weighted by atomic mass is 31.2. The molecule has 0 aromatic heterocycles. The second-order valence-electron chi connectivity index (χ2n) is 13.8. The van der Waals surface area contributed by atoms with Gasteiger partial charge in [-0.25, -0.2) is 4.57 Å². The zero-order valence-electron chi connectivity index (χ0n) is 32.9. The van der Waals surface area contributed by atoms with Crippen molar-refractivity contribution in [2.24, 2.45) is 5.73 Å². The second kappa shape index (κ2) is 37.5. The molecule has 3 atom stereocenters. The molecule has 0 rings (SSSR count). The van der Waals surface area contributed by atoms with E-state index in [0.29, 0.717) is 13.0 Å². The van der Waals surface area contributed by atoms with Gasteiger partial charge in [-0.05, 0) is 64.2 Å². The number of carbonyl (C=O) groups excluding carboxylic acids is 1. The number of allylic oxidation sites excluding steroid dienone is 6. The third-order valence-electron chi connectivity index (χ3n) is 8.62. The van der Waals surface area contributed by atoms with Crippen LogP contribution in [-0.4, -0.2) is 60.5 Å². The molecule has 0 saturated carbocycles. The minimum atomic E-state index is -4.62. The summed E-state index contributed by atoms with van der Waals surface area (Å²) in [5.74, 6) is -1.80. The maximum absolute atomic E-state index is 12.6. The highest BCUT2D eigenvalue weighted by molar-refractivity contribution is 7.47. The Kier molecular flexibility index (Phi) is 36.2. The second-order valence-corrected chi connectivity index (χ2v) is 15.2. The quantitative estimate of drug-likeness (QED) is 0.0239. The van der Waals surface area contributed by atoms with E-state index in [0.717, 1.165) is 70.6 Å². The number of unbranched alkanes of at least 4 members (excludes halogenated alkanes) is 19. The summed E-state index contributed by atoms with van der Waals surface area (Å²) in [7, 11) is -4.62. The van der Waals surface area contributed by atoms with Crippen molar-refractivity contribution in [1.82, 2.24) is 0 Å². The molecular formula is C41H76NO9P. The lowest BCUT2D eigenvalue weighted by Gasteiger charge is -2.20. The summed E-state index contributed by atoms with van der Waals surface area (Å²) in [5, 5.41) is 8.88. The smallest absolute Gasteiger partial charge is 0.472 e. The molecule has 4 N–H and O–H groups in total. The van der Waals surface area contributed by atoms with Crippen molar-refractivity contribution >= 4 is 19.8 Å². The van der Waals surface area contributed by atoms with Crippen LogP contribution in [0, 0.1) is 0 Å². The molecular weight excluding hydrogens is 681 g/mol. The van der Waals surface area contributed by atoms with E-state index in [4.69, 9.17) is 29.4 Å². The molecule has 0 heterocycles. The Morgan fingerprint density at radius 1 is 0.615 bits per heavy atom. The minimum absolute atomic E-state index is 0.00743. The van der Waals surface area contributed by atoms with Crippen molar-refractivity contribution in [1.29, 1.82) is 0 Å². The predicted octanol–water partition coefficient (Wildman–Crippen LogP) is 10.9. The lowest BCUT2D eigenvalue weighted by atomic mass is 10.1. The molecule has 0 saturated heterocycles. The fraction of sp³-hybridized carbons (Fsp3) is 0.805. The van der Waals surface area contributed by atoms with Crippen molar-refractivity contribution in [3.05, 3.63) is 36.5 Å². The highest BCUT2D eigenvalue weighted by Crippen LogP contribution is 2.43. The van der Waals surface area contributed by atoms with E-state index in [1.165, 1.54) is 77.0 Å². The van der Waals surface area contributed by atoms with Gasteiger partial charge in [0, 0.05) is 13.0 Å². The number of carboxylic acids is 1. The number of phosphoric ester groups is 1. The Balaban J connectivity index is 4.28. The van der Waals surface area contributed by atoms with Crippen molar-refractivity contribution in [2.45, 2.75) is 187 Å². The lowest BCUT2D eigenvalue weighted by Crippen LogP contribution is -2.34. The first kappa shape index (κ1) is 50.2. The van der Waals surface area contributed by atoms with Gasteiger partial charge in [0.15, 0.2) is 0 Å². The third kappa shape index (κ3) is 36.5. The van der Waals surface area contributed by atoms with E-state index in [1.54, 1.807) is 0 Å². The molecule has 0 aromatic rings. The summed E-state index contributed by atoms with van der Waals surface area (Å²) in [6.07, 6.45) is 40.5. The molecule has 0 radical (unpaired) electrons. The summed E-state index contributed by atoms with van der Waals surface area (Å²) in [5.41, 5.74) is 5.34. The van der Waals surface area contributed by atoms with E-state index < -0.39 is 45.1 Å². The van der Waals surface area contributed by atoms with Gasteiger partial charge < -0.3 is 25.2 Å². The van der Waals surface area contributed by atoms with Crippen molar-refractivity contribution < 1.29 is 42.7 Å². The molecule has 0 fully saturated rings. The monoisotopic (exact) mass is 758 g/mol. The number of phosphoric acid groups is 1. The third-order valence-corrected chi connectivity index (χ3v) is 9.57. The SMILES string of the molecule is CCC/C=C\C/C=C\CCCCCCCC(=O)OC(COCCCCCCCC/C=C\CCCCCCCCC)COP(=O)(O)OCC(N)C(=O)O. The van der Waals surface area contributed by atoms with Crippen LogP contribution in [0.4, 0.5) is 0 Å². The molecule has 3 unspecified atom stereocenters. The van der Waals surface area contributed by atoms with E-state index in [2.05, 4.69) is 50.3 Å². The maximum atomic E-state index is 12.6. The van der Waals surface area contributed by atoms with E-state index in [1.807, 2.05) is 0 Å². The number of aliphatic carboxylic acids is 1. The maximum Gasteiger partial charge on any atom is 0.472 e. The first-order chi connectivity index (χ1) is 25.2. The van der Waals surface area contributed by atoms with Gasteiger partial charge in [-0.2, -0.15) is 0 Å². The van der Waals surface area contributed by atoms with Gasteiger partial charge in [0.25, 0.3) is 0 Å². The topological polar surface area (TPSA) is 155 Å². The van der Waals surface area contributed by atoms with E-state index in [9.17, 15) is 19.0 Å². The molecule has 10 nitrogen and oxygen atoms in total. The van der Waals surface area contributed by atoms with Crippen LogP contribution in [0.15, 0.2) is 36.5 Å². The number of ether oxygens (including phenoxy) is 2. The predicted molar refractivity (Wildman–Crippen MR) is 212 cm³/mol. The van der Waals surface area contributed by atoms with Gasteiger partial charge in [-0.15, -0.1) is 0 Å². The van der Waals surface area contributed by atoms with Crippen molar-refractivity contribution in [2.75, 3.05) is 26.4 Å². The fourth-order valence-corrected chi connectivity index (χ4v) is 6.18. The van der Waals surface area contributed by atoms with Crippen LogP contribution < -0.4 is 5.73 Å². The van der Waals surface area contributed by atoms with Gasteiger partial charge in [0.2, 0.25) is 0 Å². The van der Waals surface area contributed by atoms with Gasteiger partial charge >= 0.3 is 19.8 Å². The molecule has 0 aliphatic carbocycles. The Morgan fingerprint density at radius 3 is 1.65 bits per heavy atom. The standard InChI is InChI=1S/C41H76NO9P/c1-3-5-7-9-11-13-15-17-18-19-20-22-24-26-28-30-32-34-48-35-38(36-49-52(46,47)50-37-39(42)41(44)45)51-40(43)33-31-29-27-25-23-21-16-14-12-10-8-6-4-2/h8,10,14,16,18-19,38-39H,3-7,9,11-13,15,17,20-37,42H2,1-2H3,(H,44,45)(H,46,47)/b10-8-,16-14-,19-18-. The summed E-state index contributed by atoms with van der Waals surface area (Å²) in [6, 6.07) is -1.48. The summed E-state index contributed by atoms with van der Waals surface area (Å²) in [6.45, 7) is 3.78. The van der Waals surface area contributed by atoms with Crippen LogP contribution in [0.3, 0.4) is 0 Å². The van der Waals surface area contributed by atoms with Gasteiger partial charge in [-0.1, -0.05) is 140 Å². The molecule has 0 aliphatic heterocycles. The number of hydrogen-bond acceptors (Lipinski definition) is 8. The highest BCUT2D eigenvalue weighted by Gasteiger charge is 2.27. The molecule has 11 heteroatoms. The number of esters is 1. The van der Waals surface area contributed by atoms with Crippen molar-refractivity contribution in [3.8, 4) is 0 Å². The summed E-state index contributed by atoms with van der Waals surface area (Å²) >= 11 is 0. The van der Waals surface area contributed by atoms with Gasteiger partial charge in [-0.3, -0.25) is 18.6 Å². The van der Waals surface area contributed by atoms with Crippen LogP contribution in [-0.2, 0) is 32.7 Å². The molecule has 0 aliphatic rings. The minimum Gasteiger partial charge on any atom is -0.480 e. The van der Waals surface area contributed by atoms with Crippen LogP contribution in [0.1, 0.15) is 174 Å². The van der Waals surface area contributed by atoms with Crippen LogP contribution in [0.25, 0.3) is 0 Å². The fourth-order valence-electron chi connectivity index (χ4n) is 5.40. The number of nitrogens with two attached hydrogens (primary N) is 1. The molecule has 304 valence electrons. The van der Waals surface area contributed by atoms with E-state index >= 15 is 0 Å². The Morgan fingerprint density at radius 2 is 1.10 bits per heavy atom. The van der Waals surface area contributed by atoms with Crippen LogP contribution in [0.2, 0.25) is 0 Å². The number of hydrogen-bond donors (Lipinski definition) is 3. The zero-order valence-corrected chi connectivity index (χ0v) is 33.8. The Hall–Kier alpha value is -1.81. The largest absolute Gasteiger partial charge is 0.480 e. The Bertz CT molecular complexity index is 972. The van der Waals surface area contributed by atoms with Gasteiger partial charge in [0.05, 0.1) is 19.8 Å². The molecule has 0 bridgehead atoms. The average Bonchev–Trinajstić information content (AvgIpc) is 3.12. The molecule has 0 spiro atoms. The summed E-state index contributed by atoms with van der Waals surface area (Å²) in [4.78, 5) is 33.4. The number of rotatable bonds is 39. The molecule has 0 amide bonds.